The maximum atomic E-state index is 12.4. The zero-order chi connectivity index (χ0) is 12.7. The van der Waals surface area contributed by atoms with Crippen LogP contribution in [0, 0.1) is 0 Å². The molecule has 0 aliphatic rings. The first kappa shape index (κ1) is 12.1. The lowest BCUT2D eigenvalue weighted by Crippen LogP contribution is -2.20. The van der Waals surface area contributed by atoms with Crippen molar-refractivity contribution in [3.05, 3.63) is 40.2 Å². The number of alkyl halides is 3. The zero-order valence-corrected chi connectivity index (χ0v) is 9.47. The Kier molecular flexibility index (Phi) is 2.75. The van der Waals surface area contributed by atoms with Crippen molar-refractivity contribution in [1.82, 2.24) is 4.98 Å². The number of thiazole rings is 1. The Hall–Kier alpha value is -1.34. The largest absolute Gasteiger partial charge is 0.472 e. The average Bonchev–Trinajstić information content (AvgIpc) is 2.89. The molecule has 3 nitrogen and oxygen atoms in total. The molecule has 7 heteroatoms. The smallest absolute Gasteiger partial charge is 0.443 e. The van der Waals surface area contributed by atoms with E-state index in [1.54, 1.807) is 0 Å². The molecule has 0 bridgehead atoms. The molecular weight excluding hydrogens is 255 g/mol. The van der Waals surface area contributed by atoms with E-state index in [0.717, 1.165) is 6.20 Å². The van der Waals surface area contributed by atoms with Gasteiger partial charge < -0.3 is 9.52 Å². The van der Waals surface area contributed by atoms with Crippen LogP contribution < -0.4 is 0 Å². The number of rotatable bonds is 2. The number of aliphatic hydroxyl groups is 1. The van der Waals surface area contributed by atoms with Crippen LogP contribution in [0.15, 0.2) is 29.2 Å². The van der Waals surface area contributed by atoms with Gasteiger partial charge in [-0.05, 0) is 13.0 Å². The van der Waals surface area contributed by atoms with Crippen LogP contribution in [0.2, 0.25) is 0 Å². The fourth-order valence-corrected chi connectivity index (χ4v) is 2.17. The van der Waals surface area contributed by atoms with E-state index >= 15 is 0 Å². The van der Waals surface area contributed by atoms with Gasteiger partial charge >= 0.3 is 6.18 Å². The van der Waals surface area contributed by atoms with Crippen molar-refractivity contribution in [2.24, 2.45) is 0 Å². The molecule has 0 aliphatic carbocycles. The fourth-order valence-electron chi connectivity index (χ4n) is 1.31. The molecule has 0 aromatic carbocycles. The molecule has 0 spiro atoms. The summed E-state index contributed by atoms with van der Waals surface area (Å²) in [4.78, 5) is 3.38. The first-order valence-corrected chi connectivity index (χ1v) is 5.42. The van der Waals surface area contributed by atoms with E-state index in [-0.39, 0.29) is 4.88 Å². The highest BCUT2D eigenvalue weighted by Gasteiger charge is 2.37. The predicted octanol–water partition coefficient (Wildman–Crippen LogP) is 3.01. The minimum atomic E-state index is -4.49. The summed E-state index contributed by atoms with van der Waals surface area (Å²) in [6.07, 6.45) is -0.835. The third-order valence-corrected chi connectivity index (χ3v) is 3.56. The van der Waals surface area contributed by atoms with Gasteiger partial charge in [0.15, 0.2) is 5.01 Å². The Morgan fingerprint density at radius 2 is 2.12 bits per heavy atom. The van der Waals surface area contributed by atoms with E-state index in [0.29, 0.717) is 16.9 Å². The molecule has 92 valence electrons. The van der Waals surface area contributed by atoms with Crippen molar-refractivity contribution in [2.45, 2.75) is 18.7 Å². The second-order valence-corrected chi connectivity index (χ2v) is 4.64. The van der Waals surface area contributed by atoms with Gasteiger partial charge in [-0.1, -0.05) is 0 Å². The summed E-state index contributed by atoms with van der Waals surface area (Å²) in [5.74, 6) is 0. The summed E-state index contributed by atoms with van der Waals surface area (Å²) in [7, 11) is 0. The molecule has 2 rings (SSSR count). The SMILES string of the molecule is CC(O)(c1ccoc1)c1cnc(C(F)(F)F)s1. The Bertz CT molecular complexity index is 502. The van der Waals surface area contributed by atoms with Gasteiger partial charge in [-0.25, -0.2) is 4.98 Å². The molecule has 1 atom stereocenters. The summed E-state index contributed by atoms with van der Waals surface area (Å²) >= 11 is 0.417. The minimum absolute atomic E-state index is 0.117. The number of hydrogen-bond donors (Lipinski definition) is 1. The fraction of sp³-hybridized carbons (Fsp3) is 0.300. The van der Waals surface area contributed by atoms with Gasteiger partial charge in [0, 0.05) is 11.8 Å². The summed E-state index contributed by atoms with van der Waals surface area (Å²) < 4.78 is 41.9. The van der Waals surface area contributed by atoms with E-state index in [4.69, 9.17) is 4.42 Å². The van der Waals surface area contributed by atoms with Crippen molar-refractivity contribution in [1.29, 1.82) is 0 Å². The molecule has 2 aromatic heterocycles. The first-order chi connectivity index (χ1) is 7.82. The quantitative estimate of drug-likeness (QED) is 0.905. The number of hydrogen-bond acceptors (Lipinski definition) is 4. The summed E-state index contributed by atoms with van der Waals surface area (Å²) in [6, 6.07) is 1.49. The third kappa shape index (κ3) is 2.20. The Labute approximate surface area is 98.5 Å². The van der Waals surface area contributed by atoms with Gasteiger partial charge in [0.05, 0.1) is 17.4 Å². The van der Waals surface area contributed by atoms with Crippen LogP contribution in [-0.2, 0) is 11.8 Å². The van der Waals surface area contributed by atoms with Gasteiger partial charge in [-0.3, -0.25) is 0 Å². The molecule has 1 N–H and O–H groups in total. The Balaban J connectivity index is 2.38. The van der Waals surface area contributed by atoms with Gasteiger partial charge in [0.1, 0.15) is 5.60 Å². The highest BCUT2D eigenvalue weighted by molar-refractivity contribution is 7.11. The van der Waals surface area contributed by atoms with Crippen LogP contribution in [0.4, 0.5) is 13.2 Å². The van der Waals surface area contributed by atoms with Crippen molar-refractivity contribution >= 4 is 11.3 Å². The highest BCUT2D eigenvalue weighted by Crippen LogP contribution is 2.38. The maximum absolute atomic E-state index is 12.4. The van der Waals surface area contributed by atoms with Crippen molar-refractivity contribution in [3.8, 4) is 0 Å². The first-order valence-electron chi connectivity index (χ1n) is 4.60. The van der Waals surface area contributed by atoms with Gasteiger partial charge in [0.2, 0.25) is 0 Å². The number of nitrogens with zero attached hydrogens (tertiary/aromatic N) is 1. The molecule has 0 aliphatic heterocycles. The van der Waals surface area contributed by atoms with Crippen LogP contribution in [-0.4, -0.2) is 10.1 Å². The van der Waals surface area contributed by atoms with Crippen molar-refractivity contribution in [3.63, 3.8) is 0 Å². The van der Waals surface area contributed by atoms with Crippen LogP contribution in [0.3, 0.4) is 0 Å². The van der Waals surface area contributed by atoms with Crippen LogP contribution >= 0.6 is 11.3 Å². The van der Waals surface area contributed by atoms with E-state index in [2.05, 4.69) is 4.98 Å². The topological polar surface area (TPSA) is 46.3 Å². The lowest BCUT2D eigenvalue weighted by molar-refractivity contribution is -0.137. The molecule has 0 fully saturated rings. The van der Waals surface area contributed by atoms with E-state index in [9.17, 15) is 18.3 Å². The Morgan fingerprint density at radius 1 is 1.41 bits per heavy atom. The van der Waals surface area contributed by atoms with E-state index in [1.807, 2.05) is 0 Å². The van der Waals surface area contributed by atoms with Gasteiger partial charge in [0.25, 0.3) is 0 Å². The normalized spacial score (nSPS) is 15.8. The van der Waals surface area contributed by atoms with Crippen molar-refractivity contribution < 1.29 is 22.7 Å². The lowest BCUT2D eigenvalue weighted by atomic mass is 9.98. The molecule has 17 heavy (non-hydrogen) atoms. The number of halogens is 3. The van der Waals surface area contributed by atoms with Crippen LogP contribution in [0.5, 0.6) is 0 Å². The standard InChI is InChI=1S/C10H8F3NO2S/c1-9(15,6-2-3-16-5-6)7-4-14-8(17-7)10(11,12)13/h2-5,15H,1H3. The zero-order valence-electron chi connectivity index (χ0n) is 8.65. The molecular formula is C10H8F3NO2S. The van der Waals surface area contributed by atoms with Gasteiger partial charge in [-0.2, -0.15) is 13.2 Å². The van der Waals surface area contributed by atoms with Gasteiger partial charge in [-0.15, -0.1) is 11.3 Å². The number of aromatic nitrogens is 1. The Morgan fingerprint density at radius 3 is 2.59 bits per heavy atom. The number of furan rings is 1. The summed E-state index contributed by atoms with van der Waals surface area (Å²) in [5.41, 5.74) is -1.15. The lowest BCUT2D eigenvalue weighted by Gasteiger charge is -2.19. The third-order valence-electron chi connectivity index (χ3n) is 2.31. The molecule has 2 aromatic rings. The average molecular weight is 263 g/mol. The molecule has 1 unspecified atom stereocenters. The predicted molar refractivity (Wildman–Crippen MR) is 54.5 cm³/mol. The summed E-state index contributed by atoms with van der Waals surface area (Å²) in [6.45, 7) is 1.39. The molecule has 2 heterocycles. The maximum Gasteiger partial charge on any atom is 0.443 e. The highest BCUT2D eigenvalue weighted by atomic mass is 32.1. The summed E-state index contributed by atoms with van der Waals surface area (Å²) in [5, 5.41) is 9.19. The molecule has 0 amide bonds. The second kappa shape index (κ2) is 3.85. The van der Waals surface area contributed by atoms with Crippen LogP contribution in [0.25, 0.3) is 0 Å². The second-order valence-electron chi connectivity index (χ2n) is 3.61. The van der Waals surface area contributed by atoms with Crippen LogP contribution in [0.1, 0.15) is 22.4 Å². The van der Waals surface area contributed by atoms with E-state index < -0.39 is 16.8 Å². The minimum Gasteiger partial charge on any atom is -0.472 e. The van der Waals surface area contributed by atoms with E-state index in [1.165, 1.54) is 25.5 Å². The molecule has 0 saturated carbocycles. The van der Waals surface area contributed by atoms with Crippen molar-refractivity contribution in [2.75, 3.05) is 0 Å². The molecule has 0 radical (unpaired) electrons. The molecule has 0 saturated heterocycles. The monoisotopic (exact) mass is 263 g/mol.